The first-order valence-corrected chi connectivity index (χ1v) is 11.6. The van der Waals surface area contributed by atoms with Gasteiger partial charge in [-0.25, -0.2) is 8.42 Å². The van der Waals surface area contributed by atoms with Crippen molar-refractivity contribution >= 4 is 33.6 Å². The number of benzene rings is 2. The average Bonchev–Trinajstić information content (AvgIpc) is 2.73. The lowest BCUT2D eigenvalue weighted by Crippen LogP contribution is -2.50. The summed E-state index contributed by atoms with van der Waals surface area (Å²) >= 11 is 5.84. The van der Waals surface area contributed by atoms with Crippen molar-refractivity contribution in [3.05, 3.63) is 65.2 Å². The molecule has 0 unspecified atom stereocenters. The van der Waals surface area contributed by atoms with Gasteiger partial charge in [0.15, 0.2) is 0 Å². The summed E-state index contributed by atoms with van der Waals surface area (Å²) in [5.74, 6) is 0.646. The van der Waals surface area contributed by atoms with E-state index in [1.165, 1.54) is 22.5 Å². The molecule has 1 saturated heterocycles. The Morgan fingerprint density at radius 2 is 1.60 bits per heavy atom. The fourth-order valence-electron chi connectivity index (χ4n) is 3.11. The normalized spacial score (nSPS) is 15.7. The topological polar surface area (TPSA) is 66.9 Å². The zero-order chi connectivity index (χ0) is 21.7. The first kappa shape index (κ1) is 22.3. The van der Waals surface area contributed by atoms with Crippen LogP contribution >= 0.6 is 11.6 Å². The molecule has 1 amide bonds. The molecule has 0 N–H and O–H groups in total. The minimum atomic E-state index is -3.59. The maximum Gasteiger partial charge on any atom is 0.246 e. The van der Waals surface area contributed by atoms with E-state index in [0.29, 0.717) is 18.1 Å². The van der Waals surface area contributed by atoms with E-state index in [0.717, 1.165) is 11.3 Å². The molecule has 2 aromatic rings. The van der Waals surface area contributed by atoms with Gasteiger partial charge in [-0.05, 0) is 61.9 Å². The first-order valence-electron chi connectivity index (χ1n) is 9.75. The van der Waals surface area contributed by atoms with Gasteiger partial charge in [0.25, 0.3) is 0 Å². The number of nitrogens with zero attached hydrogens (tertiary/aromatic N) is 2. The molecule has 160 valence electrons. The molecule has 30 heavy (non-hydrogen) atoms. The molecule has 0 aromatic heterocycles. The molecule has 8 heteroatoms. The van der Waals surface area contributed by atoms with E-state index in [4.69, 9.17) is 16.3 Å². The van der Waals surface area contributed by atoms with Crippen molar-refractivity contribution in [1.82, 2.24) is 9.21 Å². The van der Waals surface area contributed by atoms with Gasteiger partial charge in [0.2, 0.25) is 15.9 Å². The van der Waals surface area contributed by atoms with Crippen molar-refractivity contribution in [1.29, 1.82) is 0 Å². The second-order valence-electron chi connectivity index (χ2n) is 7.25. The summed E-state index contributed by atoms with van der Waals surface area (Å²) in [5.41, 5.74) is 0.892. The maximum absolute atomic E-state index is 12.7. The van der Waals surface area contributed by atoms with Gasteiger partial charge in [-0.2, -0.15) is 4.31 Å². The Kier molecular flexibility index (Phi) is 7.18. The molecule has 3 rings (SSSR count). The van der Waals surface area contributed by atoms with Crippen molar-refractivity contribution < 1.29 is 17.9 Å². The lowest BCUT2D eigenvalue weighted by atomic mass is 10.2. The third kappa shape index (κ3) is 5.62. The molecule has 0 aliphatic carbocycles. The minimum absolute atomic E-state index is 0.107. The van der Waals surface area contributed by atoms with E-state index in [2.05, 4.69) is 0 Å². The van der Waals surface area contributed by atoms with Crippen molar-refractivity contribution in [3.63, 3.8) is 0 Å². The highest BCUT2D eigenvalue weighted by atomic mass is 35.5. The zero-order valence-electron chi connectivity index (χ0n) is 17.0. The van der Waals surface area contributed by atoms with Crippen LogP contribution in [0.3, 0.4) is 0 Å². The number of halogens is 1. The Balaban J connectivity index is 1.56. The van der Waals surface area contributed by atoms with Crippen LogP contribution < -0.4 is 4.74 Å². The summed E-state index contributed by atoms with van der Waals surface area (Å²) in [4.78, 5) is 14.3. The fraction of sp³-hybridized carbons (Fsp3) is 0.318. The maximum atomic E-state index is 12.7. The number of sulfonamides is 1. The number of carbonyl (C=O) groups excluding carboxylic acids is 1. The van der Waals surface area contributed by atoms with Gasteiger partial charge in [-0.15, -0.1) is 0 Å². The predicted octanol–water partition coefficient (Wildman–Crippen LogP) is 3.67. The third-order valence-electron chi connectivity index (χ3n) is 4.67. The standard InChI is InChI=1S/C22H25ClN2O4S/c1-17(2)29-20-8-3-18(4-9-20)5-12-22(26)24-13-15-25(16-14-24)30(27,28)21-10-6-19(23)7-11-21/h3-12,17H,13-16H2,1-2H3/b12-5+. The van der Waals surface area contributed by atoms with E-state index in [1.54, 1.807) is 23.1 Å². The molecule has 1 fully saturated rings. The van der Waals surface area contributed by atoms with Gasteiger partial charge in [0.05, 0.1) is 11.0 Å². The molecule has 6 nitrogen and oxygen atoms in total. The van der Waals surface area contributed by atoms with Crippen LogP contribution in [0.15, 0.2) is 59.5 Å². The lowest BCUT2D eigenvalue weighted by molar-refractivity contribution is -0.127. The van der Waals surface area contributed by atoms with Crippen LogP contribution in [0.5, 0.6) is 5.75 Å². The van der Waals surface area contributed by atoms with E-state index in [-0.39, 0.29) is 30.0 Å². The van der Waals surface area contributed by atoms with Crippen LogP contribution in [0.4, 0.5) is 0 Å². The van der Waals surface area contributed by atoms with Crippen LogP contribution in [0.2, 0.25) is 5.02 Å². The number of rotatable bonds is 6. The van der Waals surface area contributed by atoms with Crippen molar-refractivity contribution in [2.75, 3.05) is 26.2 Å². The molecule has 1 aliphatic rings. The number of ether oxygens (including phenoxy) is 1. The van der Waals surface area contributed by atoms with Crippen molar-refractivity contribution in [2.45, 2.75) is 24.8 Å². The summed E-state index contributed by atoms with van der Waals surface area (Å²) in [7, 11) is -3.59. The zero-order valence-corrected chi connectivity index (χ0v) is 18.6. The second kappa shape index (κ2) is 9.64. The molecule has 0 atom stereocenters. The molecule has 2 aromatic carbocycles. The lowest BCUT2D eigenvalue weighted by Gasteiger charge is -2.33. The number of amides is 1. The van der Waals surface area contributed by atoms with Crippen LogP contribution in [-0.2, 0) is 14.8 Å². The molecule has 0 radical (unpaired) electrons. The summed E-state index contributed by atoms with van der Waals surface area (Å²) in [6.45, 7) is 5.13. The molecule has 0 spiro atoms. The van der Waals surface area contributed by atoms with E-state index in [9.17, 15) is 13.2 Å². The van der Waals surface area contributed by atoms with Gasteiger partial charge in [0, 0.05) is 37.3 Å². The van der Waals surface area contributed by atoms with E-state index < -0.39 is 10.0 Å². The van der Waals surface area contributed by atoms with E-state index >= 15 is 0 Å². The van der Waals surface area contributed by atoms with Gasteiger partial charge < -0.3 is 9.64 Å². The summed E-state index contributed by atoms with van der Waals surface area (Å²) in [6.07, 6.45) is 3.37. The Bertz CT molecular complexity index is 994. The third-order valence-corrected chi connectivity index (χ3v) is 6.84. The predicted molar refractivity (Wildman–Crippen MR) is 118 cm³/mol. The SMILES string of the molecule is CC(C)Oc1ccc(/C=C/C(=O)N2CCN(S(=O)(=O)c3ccc(Cl)cc3)CC2)cc1. The highest BCUT2D eigenvalue weighted by molar-refractivity contribution is 7.89. The van der Waals surface area contributed by atoms with Gasteiger partial charge in [0.1, 0.15) is 5.75 Å². The number of hydrogen-bond donors (Lipinski definition) is 0. The molecule has 0 saturated carbocycles. The smallest absolute Gasteiger partial charge is 0.246 e. The number of hydrogen-bond acceptors (Lipinski definition) is 4. The Labute approximate surface area is 182 Å². The van der Waals surface area contributed by atoms with Crippen molar-refractivity contribution in [3.8, 4) is 5.75 Å². The van der Waals surface area contributed by atoms with Gasteiger partial charge in [-0.3, -0.25) is 4.79 Å². The highest BCUT2D eigenvalue weighted by Gasteiger charge is 2.29. The highest BCUT2D eigenvalue weighted by Crippen LogP contribution is 2.20. The van der Waals surface area contributed by atoms with Crippen LogP contribution in [0, 0.1) is 0 Å². The minimum Gasteiger partial charge on any atom is -0.491 e. The molecular weight excluding hydrogens is 424 g/mol. The quantitative estimate of drug-likeness (QED) is 0.632. The second-order valence-corrected chi connectivity index (χ2v) is 9.63. The monoisotopic (exact) mass is 448 g/mol. The van der Waals surface area contributed by atoms with Gasteiger partial charge >= 0.3 is 0 Å². The van der Waals surface area contributed by atoms with Crippen LogP contribution in [0.25, 0.3) is 6.08 Å². The number of piperazine rings is 1. The largest absolute Gasteiger partial charge is 0.491 e. The number of carbonyl (C=O) groups is 1. The summed E-state index contributed by atoms with van der Waals surface area (Å²) < 4.78 is 32.5. The Morgan fingerprint density at radius 1 is 1.00 bits per heavy atom. The first-order chi connectivity index (χ1) is 14.3. The average molecular weight is 449 g/mol. The molecular formula is C22H25ClN2O4S. The van der Waals surface area contributed by atoms with Gasteiger partial charge in [-0.1, -0.05) is 23.7 Å². The summed E-state index contributed by atoms with van der Waals surface area (Å²) in [6, 6.07) is 13.6. The fourth-order valence-corrected chi connectivity index (χ4v) is 4.66. The van der Waals surface area contributed by atoms with E-state index in [1.807, 2.05) is 38.1 Å². The molecule has 1 aliphatic heterocycles. The Morgan fingerprint density at radius 3 is 2.17 bits per heavy atom. The van der Waals surface area contributed by atoms with Crippen molar-refractivity contribution in [2.24, 2.45) is 0 Å². The molecule has 0 bridgehead atoms. The van der Waals surface area contributed by atoms with Crippen LogP contribution in [-0.4, -0.2) is 55.8 Å². The van der Waals surface area contributed by atoms with Crippen LogP contribution in [0.1, 0.15) is 19.4 Å². The molecule has 1 heterocycles. The Hall–Kier alpha value is -2.35. The summed E-state index contributed by atoms with van der Waals surface area (Å²) in [5, 5.41) is 0.484.